The van der Waals surface area contributed by atoms with Crippen molar-refractivity contribution in [3.63, 3.8) is 0 Å². The molecule has 0 spiro atoms. The highest BCUT2D eigenvalue weighted by molar-refractivity contribution is 6.30. The fourth-order valence-electron chi connectivity index (χ4n) is 1.82. The van der Waals surface area contributed by atoms with Crippen molar-refractivity contribution in [1.82, 2.24) is 0 Å². The largest absolute Gasteiger partial charge is 0.496 e. The first kappa shape index (κ1) is 15.3. The van der Waals surface area contributed by atoms with E-state index in [1.54, 1.807) is 25.3 Å². The molecule has 0 bridgehead atoms. The van der Waals surface area contributed by atoms with E-state index in [1.807, 2.05) is 20.8 Å². The lowest BCUT2D eigenvalue weighted by molar-refractivity contribution is -0.0435. The van der Waals surface area contributed by atoms with Gasteiger partial charge in [0.2, 0.25) is 0 Å². The van der Waals surface area contributed by atoms with Crippen molar-refractivity contribution in [2.75, 3.05) is 7.11 Å². The molecular formula is C14H21ClO3. The van der Waals surface area contributed by atoms with Gasteiger partial charge in [-0.05, 0) is 29.2 Å². The number of hydrogen-bond donors (Lipinski definition) is 2. The Hall–Kier alpha value is -0.770. The quantitative estimate of drug-likeness (QED) is 0.886. The van der Waals surface area contributed by atoms with Crippen LogP contribution in [0.4, 0.5) is 0 Å². The lowest BCUT2D eigenvalue weighted by Gasteiger charge is -2.30. The zero-order chi connectivity index (χ0) is 13.9. The fraction of sp³-hybridized carbons (Fsp3) is 0.571. The van der Waals surface area contributed by atoms with Gasteiger partial charge in [0.15, 0.2) is 0 Å². The first-order valence-electron chi connectivity index (χ1n) is 5.94. The van der Waals surface area contributed by atoms with Gasteiger partial charge >= 0.3 is 0 Å². The molecule has 1 rings (SSSR count). The minimum Gasteiger partial charge on any atom is -0.496 e. The van der Waals surface area contributed by atoms with Crippen molar-refractivity contribution in [3.05, 3.63) is 28.8 Å². The number of aliphatic hydroxyl groups excluding tert-OH is 2. The Morgan fingerprint density at radius 1 is 1.28 bits per heavy atom. The number of halogens is 1. The summed E-state index contributed by atoms with van der Waals surface area (Å²) >= 11 is 5.93. The molecule has 0 amide bonds. The summed E-state index contributed by atoms with van der Waals surface area (Å²) in [6.07, 6.45) is -1.35. The predicted octanol–water partition coefficient (Wildman–Crippen LogP) is 2.66. The Morgan fingerprint density at radius 3 is 2.39 bits per heavy atom. The van der Waals surface area contributed by atoms with Gasteiger partial charge in [0.05, 0.1) is 19.3 Å². The minimum atomic E-state index is -0.850. The van der Waals surface area contributed by atoms with Gasteiger partial charge in [0, 0.05) is 11.4 Å². The SMILES string of the molecule is COc1ccc(Cl)cc1CC(O)C(O)C(C)(C)C. The first-order valence-corrected chi connectivity index (χ1v) is 6.32. The maximum atomic E-state index is 10.1. The summed E-state index contributed by atoms with van der Waals surface area (Å²) in [5.41, 5.74) is 0.423. The van der Waals surface area contributed by atoms with Crippen LogP contribution in [0.25, 0.3) is 0 Å². The molecule has 2 unspecified atom stereocenters. The first-order chi connectivity index (χ1) is 8.25. The molecule has 18 heavy (non-hydrogen) atoms. The highest BCUT2D eigenvalue weighted by Crippen LogP contribution is 2.28. The van der Waals surface area contributed by atoms with Gasteiger partial charge in [-0.3, -0.25) is 0 Å². The second-order valence-corrected chi connectivity index (χ2v) is 5.97. The molecular weight excluding hydrogens is 252 g/mol. The molecule has 0 aromatic heterocycles. The number of rotatable bonds is 4. The van der Waals surface area contributed by atoms with Gasteiger partial charge in [0.1, 0.15) is 5.75 Å². The molecule has 2 atom stereocenters. The van der Waals surface area contributed by atoms with Gasteiger partial charge in [-0.2, -0.15) is 0 Å². The molecule has 0 radical (unpaired) electrons. The maximum absolute atomic E-state index is 10.1. The van der Waals surface area contributed by atoms with Crippen molar-refractivity contribution in [2.45, 2.75) is 39.4 Å². The number of hydrogen-bond acceptors (Lipinski definition) is 3. The van der Waals surface area contributed by atoms with E-state index >= 15 is 0 Å². The van der Waals surface area contributed by atoms with Crippen LogP contribution in [0.2, 0.25) is 5.02 Å². The van der Waals surface area contributed by atoms with E-state index in [1.165, 1.54) is 0 Å². The third-order valence-corrected chi connectivity index (χ3v) is 3.16. The number of benzene rings is 1. The van der Waals surface area contributed by atoms with Crippen LogP contribution in [-0.2, 0) is 6.42 Å². The van der Waals surface area contributed by atoms with Crippen LogP contribution in [0.15, 0.2) is 18.2 Å². The molecule has 0 heterocycles. The van der Waals surface area contributed by atoms with Gasteiger partial charge in [-0.15, -0.1) is 0 Å². The summed E-state index contributed by atoms with van der Waals surface area (Å²) in [5, 5.41) is 20.7. The van der Waals surface area contributed by atoms with Crippen molar-refractivity contribution in [3.8, 4) is 5.75 Å². The topological polar surface area (TPSA) is 49.7 Å². The van der Waals surface area contributed by atoms with Crippen LogP contribution in [0, 0.1) is 5.41 Å². The second-order valence-electron chi connectivity index (χ2n) is 5.54. The lowest BCUT2D eigenvalue weighted by Crippen LogP contribution is -2.38. The van der Waals surface area contributed by atoms with Crippen molar-refractivity contribution < 1.29 is 14.9 Å². The van der Waals surface area contributed by atoms with Crippen LogP contribution in [0.5, 0.6) is 5.75 Å². The predicted molar refractivity (Wildman–Crippen MR) is 73.2 cm³/mol. The highest BCUT2D eigenvalue weighted by Gasteiger charge is 2.29. The van der Waals surface area contributed by atoms with E-state index in [0.717, 1.165) is 5.56 Å². The van der Waals surface area contributed by atoms with Gasteiger partial charge in [-0.1, -0.05) is 32.4 Å². The van der Waals surface area contributed by atoms with E-state index in [-0.39, 0.29) is 5.41 Å². The number of aliphatic hydroxyl groups is 2. The van der Waals surface area contributed by atoms with Crippen molar-refractivity contribution in [1.29, 1.82) is 0 Å². The average Bonchev–Trinajstić information content (AvgIpc) is 2.27. The molecule has 0 fully saturated rings. The molecule has 0 saturated heterocycles. The second kappa shape index (κ2) is 5.91. The summed E-state index contributed by atoms with van der Waals surface area (Å²) in [5.74, 6) is 0.666. The van der Waals surface area contributed by atoms with E-state index in [9.17, 15) is 10.2 Å². The Bertz CT molecular complexity index is 399. The van der Waals surface area contributed by atoms with Gasteiger partial charge in [0.25, 0.3) is 0 Å². The van der Waals surface area contributed by atoms with Gasteiger partial charge in [-0.25, -0.2) is 0 Å². The van der Waals surface area contributed by atoms with E-state index in [0.29, 0.717) is 17.2 Å². The average molecular weight is 273 g/mol. The third-order valence-electron chi connectivity index (χ3n) is 2.92. The van der Waals surface area contributed by atoms with Crippen LogP contribution in [-0.4, -0.2) is 29.5 Å². The molecule has 1 aromatic carbocycles. The smallest absolute Gasteiger partial charge is 0.122 e. The molecule has 3 nitrogen and oxygen atoms in total. The summed E-state index contributed by atoms with van der Waals surface area (Å²) in [6.45, 7) is 5.66. The van der Waals surface area contributed by atoms with E-state index < -0.39 is 12.2 Å². The Morgan fingerprint density at radius 2 is 1.89 bits per heavy atom. The third kappa shape index (κ3) is 3.87. The highest BCUT2D eigenvalue weighted by atomic mass is 35.5. The molecule has 0 aliphatic carbocycles. The summed E-state index contributed by atoms with van der Waals surface area (Å²) in [6, 6.07) is 5.24. The van der Waals surface area contributed by atoms with Crippen LogP contribution < -0.4 is 4.74 Å². The standard InChI is InChI=1S/C14H21ClO3/c1-14(2,3)13(17)11(16)8-9-7-10(15)5-6-12(9)18-4/h5-7,11,13,16-17H,8H2,1-4H3. The molecule has 1 aromatic rings. The Balaban J connectivity index is 2.87. The van der Waals surface area contributed by atoms with E-state index in [2.05, 4.69) is 0 Å². The summed E-state index contributed by atoms with van der Waals surface area (Å²) < 4.78 is 5.22. The zero-order valence-corrected chi connectivity index (χ0v) is 12.0. The molecule has 0 saturated carbocycles. The van der Waals surface area contributed by atoms with E-state index in [4.69, 9.17) is 16.3 Å². The molecule has 2 N–H and O–H groups in total. The van der Waals surface area contributed by atoms with Crippen LogP contribution >= 0.6 is 11.6 Å². The lowest BCUT2D eigenvalue weighted by atomic mass is 9.84. The molecule has 0 aliphatic heterocycles. The summed E-state index contributed by atoms with van der Waals surface area (Å²) in [4.78, 5) is 0. The van der Waals surface area contributed by atoms with Crippen molar-refractivity contribution in [2.24, 2.45) is 5.41 Å². The number of methoxy groups -OCH3 is 1. The van der Waals surface area contributed by atoms with Crippen LogP contribution in [0.3, 0.4) is 0 Å². The molecule has 102 valence electrons. The minimum absolute atomic E-state index is 0.308. The molecule has 0 aliphatic rings. The molecule has 4 heteroatoms. The maximum Gasteiger partial charge on any atom is 0.122 e. The Labute approximate surface area is 113 Å². The zero-order valence-electron chi connectivity index (χ0n) is 11.3. The fourth-order valence-corrected chi connectivity index (χ4v) is 2.02. The number of ether oxygens (including phenoxy) is 1. The normalized spacial score (nSPS) is 15.3. The van der Waals surface area contributed by atoms with Crippen molar-refractivity contribution >= 4 is 11.6 Å². The summed E-state index contributed by atoms with van der Waals surface area (Å²) in [7, 11) is 1.57. The monoisotopic (exact) mass is 272 g/mol. The van der Waals surface area contributed by atoms with Gasteiger partial charge < -0.3 is 14.9 Å². The Kier molecular flexibility index (Phi) is 5.02. The van der Waals surface area contributed by atoms with Crippen LogP contribution in [0.1, 0.15) is 26.3 Å².